The van der Waals surface area contributed by atoms with Crippen LogP contribution in [0.5, 0.6) is 11.5 Å². The first-order valence-electron chi connectivity index (χ1n) is 8.48. The fraction of sp³-hybridized carbons (Fsp3) is 0.222. The Hall–Kier alpha value is -2.82. The van der Waals surface area contributed by atoms with Crippen LogP contribution < -0.4 is 20.3 Å². The molecular formula is C18H18ClN3O6S. The Morgan fingerprint density at radius 3 is 2.38 bits per heavy atom. The van der Waals surface area contributed by atoms with Crippen molar-refractivity contribution in [2.75, 3.05) is 26.8 Å². The third kappa shape index (κ3) is 4.97. The molecule has 0 spiro atoms. The molecular weight excluding hydrogens is 422 g/mol. The molecule has 2 aromatic rings. The van der Waals surface area contributed by atoms with E-state index in [0.717, 1.165) is 4.31 Å². The fourth-order valence-corrected chi connectivity index (χ4v) is 3.76. The number of hydrogen-bond donors (Lipinski definition) is 2. The Morgan fingerprint density at radius 2 is 1.69 bits per heavy atom. The monoisotopic (exact) mass is 439 g/mol. The number of halogens is 1. The summed E-state index contributed by atoms with van der Waals surface area (Å²) < 4.78 is 37.0. The van der Waals surface area contributed by atoms with Gasteiger partial charge in [-0.05, 0) is 36.4 Å². The van der Waals surface area contributed by atoms with Crippen molar-refractivity contribution in [1.29, 1.82) is 0 Å². The van der Waals surface area contributed by atoms with Gasteiger partial charge < -0.3 is 9.47 Å². The number of nitrogens with one attached hydrogen (secondary N) is 2. The molecule has 0 saturated heterocycles. The number of likely N-dealkylation sites (N-methyl/N-ethyl adjacent to an activating group) is 1. The Bertz CT molecular complexity index is 1030. The first-order valence-corrected chi connectivity index (χ1v) is 10.3. The van der Waals surface area contributed by atoms with Crippen molar-refractivity contribution in [3.63, 3.8) is 0 Å². The molecule has 154 valence electrons. The van der Waals surface area contributed by atoms with Crippen LogP contribution in [0.15, 0.2) is 47.4 Å². The minimum Gasteiger partial charge on any atom is -0.486 e. The quantitative estimate of drug-likeness (QED) is 0.676. The second-order valence-corrected chi connectivity index (χ2v) is 8.56. The van der Waals surface area contributed by atoms with Crippen LogP contribution in [-0.4, -0.2) is 51.3 Å². The van der Waals surface area contributed by atoms with Gasteiger partial charge in [0, 0.05) is 23.7 Å². The minimum atomic E-state index is -3.95. The van der Waals surface area contributed by atoms with E-state index in [1.54, 1.807) is 0 Å². The molecule has 2 amide bonds. The molecule has 0 fully saturated rings. The van der Waals surface area contributed by atoms with Crippen LogP contribution in [0.3, 0.4) is 0 Å². The van der Waals surface area contributed by atoms with Crippen LogP contribution >= 0.6 is 11.6 Å². The Kier molecular flexibility index (Phi) is 6.26. The van der Waals surface area contributed by atoms with Gasteiger partial charge in [-0.3, -0.25) is 20.4 Å². The smallest absolute Gasteiger partial charge is 0.269 e. The van der Waals surface area contributed by atoms with Gasteiger partial charge in [0.2, 0.25) is 10.0 Å². The van der Waals surface area contributed by atoms with Gasteiger partial charge in [-0.15, -0.1) is 0 Å². The number of carbonyl (C=O) groups excluding carboxylic acids is 2. The van der Waals surface area contributed by atoms with Crippen molar-refractivity contribution >= 4 is 33.4 Å². The maximum Gasteiger partial charge on any atom is 0.269 e. The number of nitrogens with zero attached hydrogens (tertiary/aromatic N) is 1. The molecule has 3 rings (SSSR count). The predicted molar refractivity (Wildman–Crippen MR) is 104 cm³/mol. The molecule has 1 aliphatic heterocycles. The van der Waals surface area contributed by atoms with Gasteiger partial charge in [0.25, 0.3) is 11.8 Å². The number of hydrogen-bond acceptors (Lipinski definition) is 6. The molecule has 0 saturated carbocycles. The van der Waals surface area contributed by atoms with Gasteiger partial charge in [0.1, 0.15) is 13.2 Å². The zero-order valence-corrected chi connectivity index (χ0v) is 16.9. The summed E-state index contributed by atoms with van der Waals surface area (Å²) in [5.74, 6) is -0.491. The molecule has 1 aliphatic rings. The van der Waals surface area contributed by atoms with E-state index in [9.17, 15) is 18.0 Å². The average molecular weight is 440 g/mol. The number of sulfonamides is 1. The van der Waals surface area contributed by atoms with E-state index in [-0.39, 0.29) is 10.5 Å². The van der Waals surface area contributed by atoms with Crippen molar-refractivity contribution in [1.82, 2.24) is 15.2 Å². The van der Waals surface area contributed by atoms with Crippen molar-refractivity contribution in [2.24, 2.45) is 0 Å². The van der Waals surface area contributed by atoms with E-state index < -0.39 is 28.4 Å². The topological polar surface area (TPSA) is 114 Å². The summed E-state index contributed by atoms with van der Waals surface area (Å²) in [5, 5.41) is 0.469. The second kappa shape index (κ2) is 8.68. The minimum absolute atomic E-state index is 0.0396. The lowest BCUT2D eigenvalue weighted by atomic mass is 10.2. The Labute approximate surface area is 172 Å². The standard InChI is InChI=1S/C18H18ClN3O6S/c1-22(11-17(23)20-21-18(24)12-2-4-13(19)5-3-12)29(25,26)14-6-7-15-16(10-14)28-9-8-27-15/h2-7,10H,8-9,11H2,1H3,(H,20,23)(H,21,24). The molecule has 2 N–H and O–H groups in total. The van der Waals surface area contributed by atoms with Crippen LogP contribution in [0.4, 0.5) is 0 Å². The third-order valence-electron chi connectivity index (χ3n) is 4.01. The summed E-state index contributed by atoms with van der Waals surface area (Å²) in [6.07, 6.45) is 0. The highest BCUT2D eigenvalue weighted by Crippen LogP contribution is 2.32. The number of rotatable bonds is 5. The summed E-state index contributed by atoms with van der Waals surface area (Å²) in [6.45, 7) is 0.209. The third-order valence-corrected chi connectivity index (χ3v) is 6.06. The fourth-order valence-electron chi connectivity index (χ4n) is 2.49. The van der Waals surface area contributed by atoms with Gasteiger partial charge in [0.15, 0.2) is 11.5 Å². The Balaban J connectivity index is 1.59. The SMILES string of the molecule is CN(CC(=O)NNC(=O)c1ccc(Cl)cc1)S(=O)(=O)c1ccc2c(c1)OCCO2. The highest BCUT2D eigenvalue weighted by atomic mass is 35.5. The molecule has 0 radical (unpaired) electrons. The second-order valence-electron chi connectivity index (χ2n) is 6.08. The van der Waals surface area contributed by atoms with Crippen molar-refractivity contribution in [3.8, 4) is 11.5 Å². The first-order chi connectivity index (χ1) is 13.8. The zero-order chi connectivity index (χ0) is 21.0. The lowest BCUT2D eigenvalue weighted by Gasteiger charge is -2.21. The molecule has 0 aliphatic carbocycles. The summed E-state index contributed by atoms with van der Waals surface area (Å²) >= 11 is 5.75. The molecule has 0 unspecified atom stereocenters. The molecule has 0 bridgehead atoms. The van der Waals surface area contributed by atoms with Crippen LogP contribution in [0.25, 0.3) is 0 Å². The van der Waals surface area contributed by atoms with Gasteiger partial charge in [-0.1, -0.05) is 11.6 Å². The van der Waals surface area contributed by atoms with Crippen LogP contribution in [0.1, 0.15) is 10.4 Å². The van der Waals surface area contributed by atoms with Crippen molar-refractivity contribution < 1.29 is 27.5 Å². The molecule has 9 nitrogen and oxygen atoms in total. The lowest BCUT2D eigenvalue weighted by molar-refractivity contribution is -0.121. The lowest BCUT2D eigenvalue weighted by Crippen LogP contribution is -2.46. The maximum absolute atomic E-state index is 12.7. The van der Waals surface area contributed by atoms with E-state index in [0.29, 0.717) is 29.7 Å². The molecule has 29 heavy (non-hydrogen) atoms. The van der Waals surface area contributed by atoms with E-state index in [1.807, 2.05) is 0 Å². The van der Waals surface area contributed by atoms with E-state index in [2.05, 4.69) is 10.9 Å². The molecule has 11 heteroatoms. The summed E-state index contributed by atoms with van der Waals surface area (Å²) in [4.78, 5) is 24.0. The average Bonchev–Trinajstić information content (AvgIpc) is 2.72. The van der Waals surface area contributed by atoms with Gasteiger partial charge in [-0.2, -0.15) is 4.31 Å². The number of fused-ring (bicyclic) bond motifs is 1. The highest BCUT2D eigenvalue weighted by molar-refractivity contribution is 7.89. The molecule has 2 aromatic carbocycles. The Morgan fingerprint density at radius 1 is 1.03 bits per heavy atom. The van der Waals surface area contributed by atoms with Crippen LogP contribution in [-0.2, 0) is 14.8 Å². The summed E-state index contributed by atoms with van der Waals surface area (Å²) in [5.41, 5.74) is 4.68. The number of amides is 2. The summed E-state index contributed by atoms with van der Waals surface area (Å²) in [6, 6.07) is 10.3. The number of ether oxygens (including phenoxy) is 2. The number of benzene rings is 2. The molecule has 1 heterocycles. The van der Waals surface area contributed by atoms with Gasteiger partial charge in [-0.25, -0.2) is 8.42 Å². The summed E-state index contributed by atoms with van der Waals surface area (Å²) in [7, 11) is -2.70. The van der Waals surface area contributed by atoms with E-state index in [1.165, 1.54) is 49.5 Å². The maximum atomic E-state index is 12.7. The zero-order valence-electron chi connectivity index (χ0n) is 15.3. The number of carbonyl (C=O) groups is 2. The van der Waals surface area contributed by atoms with Crippen LogP contribution in [0.2, 0.25) is 5.02 Å². The first kappa shape index (κ1) is 20.9. The predicted octanol–water partition coefficient (Wildman–Crippen LogP) is 1.19. The largest absolute Gasteiger partial charge is 0.486 e. The van der Waals surface area contributed by atoms with Gasteiger partial charge in [0.05, 0.1) is 11.4 Å². The normalized spacial score (nSPS) is 13.1. The van der Waals surface area contributed by atoms with Crippen molar-refractivity contribution in [2.45, 2.75) is 4.90 Å². The number of hydrazine groups is 1. The van der Waals surface area contributed by atoms with Crippen molar-refractivity contribution in [3.05, 3.63) is 53.1 Å². The molecule has 0 aromatic heterocycles. The van der Waals surface area contributed by atoms with Gasteiger partial charge >= 0.3 is 0 Å². The van der Waals surface area contributed by atoms with E-state index in [4.69, 9.17) is 21.1 Å². The molecule has 0 atom stereocenters. The van der Waals surface area contributed by atoms with Crippen LogP contribution in [0, 0.1) is 0 Å². The van der Waals surface area contributed by atoms with E-state index >= 15 is 0 Å². The highest BCUT2D eigenvalue weighted by Gasteiger charge is 2.25.